The first kappa shape index (κ1) is 12.1. The van der Waals surface area contributed by atoms with Crippen molar-refractivity contribution in [2.75, 3.05) is 12.4 Å². The van der Waals surface area contributed by atoms with Crippen molar-refractivity contribution in [2.45, 2.75) is 11.3 Å². The molecule has 7 nitrogen and oxygen atoms in total. The van der Waals surface area contributed by atoms with Gasteiger partial charge in [-0.1, -0.05) is 23.9 Å². The van der Waals surface area contributed by atoms with E-state index in [-0.39, 0.29) is 17.7 Å². The van der Waals surface area contributed by atoms with E-state index in [1.807, 2.05) is 0 Å². The zero-order valence-corrected chi connectivity index (χ0v) is 10.5. The number of rotatable bonds is 5. The van der Waals surface area contributed by atoms with Crippen LogP contribution in [0.2, 0.25) is 0 Å². The lowest BCUT2D eigenvalue weighted by atomic mass is 10.2. The number of epoxide rings is 1. The number of nitro groups is 1. The van der Waals surface area contributed by atoms with Crippen LogP contribution >= 0.6 is 11.8 Å². The van der Waals surface area contributed by atoms with Crippen LogP contribution in [0.25, 0.3) is 11.5 Å². The van der Waals surface area contributed by atoms with E-state index in [2.05, 4.69) is 10.2 Å². The van der Waals surface area contributed by atoms with E-state index < -0.39 is 4.92 Å². The molecule has 1 atom stereocenters. The Morgan fingerprint density at radius 2 is 2.21 bits per heavy atom. The fourth-order valence-corrected chi connectivity index (χ4v) is 2.28. The lowest BCUT2D eigenvalue weighted by molar-refractivity contribution is -0.384. The van der Waals surface area contributed by atoms with Crippen molar-refractivity contribution in [3.05, 3.63) is 34.4 Å². The Bertz CT molecular complexity index is 611. The molecule has 2 heterocycles. The normalized spacial score (nSPS) is 17.4. The van der Waals surface area contributed by atoms with Gasteiger partial charge in [0.1, 0.15) is 5.56 Å². The summed E-state index contributed by atoms with van der Waals surface area (Å²) < 4.78 is 10.5. The Morgan fingerprint density at radius 3 is 2.95 bits per heavy atom. The van der Waals surface area contributed by atoms with Crippen molar-refractivity contribution in [3.63, 3.8) is 0 Å². The van der Waals surface area contributed by atoms with E-state index in [1.54, 1.807) is 18.2 Å². The highest BCUT2D eigenvalue weighted by Crippen LogP contribution is 2.31. The fourth-order valence-electron chi connectivity index (χ4n) is 1.52. The van der Waals surface area contributed by atoms with Gasteiger partial charge in [-0.2, -0.15) is 0 Å². The Morgan fingerprint density at radius 1 is 1.42 bits per heavy atom. The van der Waals surface area contributed by atoms with E-state index in [0.717, 1.165) is 12.4 Å². The van der Waals surface area contributed by atoms with E-state index in [0.29, 0.717) is 10.8 Å². The van der Waals surface area contributed by atoms with Gasteiger partial charge in [0, 0.05) is 11.8 Å². The molecule has 1 aliphatic heterocycles. The predicted octanol–water partition coefficient (Wildman–Crippen LogP) is 2.14. The number of hydrogen-bond donors (Lipinski definition) is 0. The van der Waals surface area contributed by atoms with E-state index in [9.17, 15) is 10.1 Å². The smallest absolute Gasteiger partial charge is 0.282 e. The van der Waals surface area contributed by atoms with Gasteiger partial charge in [0.15, 0.2) is 0 Å². The van der Waals surface area contributed by atoms with Crippen LogP contribution in [-0.4, -0.2) is 33.6 Å². The SMILES string of the molecule is O=[N+]([O-])c1ccccc1-c1nnc(SCC2CO2)o1. The van der Waals surface area contributed by atoms with Crippen LogP contribution in [0.5, 0.6) is 0 Å². The average Bonchev–Trinajstić information content (AvgIpc) is 3.13. The molecule has 2 aromatic rings. The lowest BCUT2D eigenvalue weighted by Crippen LogP contribution is -1.91. The Hall–Kier alpha value is -1.93. The van der Waals surface area contributed by atoms with Crippen LogP contribution in [-0.2, 0) is 4.74 Å². The van der Waals surface area contributed by atoms with Crippen LogP contribution < -0.4 is 0 Å². The Balaban J connectivity index is 1.83. The van der Waals surface area contributed by atoms with Gasteiger partial charge in [0.25, 0.3) is 16.8 Å². The van der Waals surface area contributed by atoms with Crippen LogP contribution in [0.1, 0.15) is 0 Å². The third-order valence-electron chi connectivity index (χ3n) is 2.53. The van der Waals surface area contributed by atoms with E-state index in [1.165, 1.54) is 17.8 Å². The second-order valence-corrected chi connectivity index (χ2v) is 4.88. The van der Waals surface area contributed by atoms with Gasteiger partial charge in [0.2, 0.25) is 0 Å². The summed E-state index contributed by atoms with van der Waals surface area (Å²) in [5.41, 5.74) is 0.280. The number of nitrogens with zero attached hydrogens (tertiary/aromatic N) is 3. The molecule has 0 N–H and O–H groups in total. The molecule has 8 heteroatoms. The summed E-state index contributed by atoms with van der Waals surface area (Å²) in [5.74, 6) is 0.907. The van der Waals surface area contributed by atoms with Crippen LogP contribution in [0.3, 0.4) is 0 Å². The molecule has 1 aromatic heterocycles. The first-order chi connectivity index (χ1) is 9.24. The topological polar surface area (TPSA) is 94.6 Å². The van der Waals surface area contributed by atoms with Crippen molar-refractivity contribution in [1.82, 2.24) is 10.2 Å². The molecule has 0 bridgehead atoms. The number of hydrogen-bond acceptors (Lipinski definition) is 7. The highest BCUT2D eigenvalue weighted by Gasteiger charge is 2.24. The minimum atomic E-state index is -0.468. The number of nitro benzene ring substituents is 1. The highest BCUT2D eigenvalue weighted by atomic mass is 32.2. The molecule has 1 aromatic carbocycles. The van der Waals surface area contributed by atoms with E-state index >= 15 is 0 Å². The van der Waals surface area contributed by atoms with Crippen LogP contribution in [0.15, 0.2) is 33.9 Å². The molecule has 0 saturated carbocycles. The van der Waals surface area contributed by atoms with Gasteiger partial charge in [-0.25, -0.2) is 0 Å². The minimum absolute atomic E-state index is 0.0479. The summed E-state index contributed by atoms with van der Waals surface area (Å²) in [6, 6.07) is 6.28. The third-order valence-corrected chi connectivity index (χ3v) is 3.48. The number of para-hydroxylation sites is 1. The maximum absolute atomic E-state index is 10.9. The van der Waals surface area contributed by atoms with Gasteiger partial charge >= 0.3 is 0 Å². The van der Waals surface area contributed by atoms with Crippen molar-refractivity contribution >= 4 is 17.4 Å². The van der Waals surface area contributed by atoms with E-state index in [4.69, 9.17) is 9.15 Å². The monoisotopic (exact) mass is 279 g/mol. The quantitative estimate of drug-likeness (QED) is 0.358. The Labute approximate surface area is 112 Å². The molecule has 0 aliphatic carbocycles. The van der Waals surface area contributed by atoms with Gasteiger partial charge in [-0.15, -0.1) is 10.2 Å². The summed E-state index contributed by atoms with van der Waals surface area (Å²) in [6.07, 6.45) is 0.256. The first-order valence-corrected chi connectivity index (χ1v) is 6.54. The molecular formula is C11H9N3O4S. The molecular weight excluding hydrogens is 270 g/mol. The molecule has 0 amide bonds. The number of benzene rings is 1. The number of ether oxygens (including phenoxy) is 1. The molecule has 3 rings (SSSR count). The summed E-state index contributed by atoms with van der Waals surface area (Å²) in [4.78, 5) is 10.5. The van der Waals surface area contributed by atoms with Crippen molar-refractivity contribution in [1.29, 1.82) is 0 Å². The molecule has 1 fully saturated rings. The van der Waals surface area contributed by atoms with Crippen molar-refractivity contribution in [2.24, 2.45) is 0 Å². The molecule has 1 saturated heterocycles. The molecule has 1 unspecified atom stereocenters. The summed E-state index contributed by atoms with van der Waals surface area (Å²) in [5, 5.41) is 19.0. The molecule has 0 spiro atoms. The predicted molar refractivity (Wildman–Crippen MR) is 66.9 cm³/mol. The van der Waals surface area contributed by atoms with Crippen molar-refractivity contribution < 1.29 is 14.1 Å². The Kier molecular flexibility index (Phi) is 3.18. The average molecular weight is 279 g/mol. The summed E-state index contributed by atoms with van der Waals surface area (Å²) >= 11 is 1.39. The van der Waals surface area contributed by atoms with Crippen LogP contribution in [0, 0.1) is 10.1 Å². The molecule has 0 radical (unpaired) electrons. The maximum Gasteiger partial charge on any atom is 0.282 e. The standard InChI is InChI=1S/C11H9N3O4S/c15-14(16)9-4-2-1-3-8(9)10-12-13-11(18-10)19-6-7-5-17-7/h1-4,7H,5-6H2. The van der Waals surface area contributed by atoms with Gasteiger partial charge in [0.05, 0.1) is 17.6 Å². The number of aromatic nitrogens is 2. The second kappa shape index (κ2) is 4.98. The van der Waals surface area contributed by atoms with Gasteiger partial charge in [-0.3, -0.25) is 10.1 Å². The van der Waals surface area contributed by atoms with Gasteiger partial charge in [-0.05, 0) is 6.07 Å². The van der Waals surface area contributed by atoms with Crippen LogP contribution in [0.4, 0.5) is 5.69 Å². The zero-order chi connectivity index (χ0) is 13.2. The highest BCUT2D eigenvalue weighted by molar-refractivity contribution is 7.99. The molecule has 1 aliphatic rings. The van der Waals surface area contributed by atoms with Gasteiger partial charge < -0.3 is 9.15 Å². The first-order valence-electron chi connectivity index (χ1n) is 5.56. The zero-order valence-electron chi connectivity index (χ0n) is 9.68. The number of thioether (sulfide) groups is 1. The molecule has 98 valence electrons. The summed E-state index contributed by atoms with van der Waals surface area (Å²) in [7, 11) is 0. The molecule has 19 heavy (non-hydrogen) atoms. The van der Waals surface area contributed by atoms with Crippen molar-refractivity contribution in [3.8, 4) is 11.5 Å². The second-order valence-electron chi connectivity index (χ2n) is 3.91. The maximum atomic E-state index is 10.9. The summed E-state index contributed by atoms with van der Waals surface area (Å²) in [6.45, 7) is 0.762. The fraction of sp³-hybridized carbons (Fsp3) is 0.273. The lowest BCUT2D eigenvalue weighted by Gasteiger charge is -1.96. The minimum Gasteiger partial charge on any atom is -0.411 e. The largest absolute Gasteiger partial charge is 0.411 e. The third kappa shape index (κ3) is 2.74.